The number of halogens is 1. The van der Waals surface area contributed by atoms with Crippen molar-refractivity contribution in [2.24, 2.45) is 18.0 Å². The molecule has 1 aliphatic rings. The highest BCUT2D eigenvalue weighted by atomic mass is 79.9. The minimum atomic E-state index is -3.54. The van der Waals surface area contributed by atoms with Crippen LogP contribution in [0, 0.1) is 5.92 Å². The van der Waals surface area contributed by atoms with E-state index in [2.05, 4.69) is 27.8 Å². The molecule has 0 spiro atoms. The van der Waals surface area contributed by atoms with E-state index in [9.17, 15) is 13.2 Å². The third-order valence-electron chi connectivity index (χ3n) is 5.33. The molecule has 3 aromatic rings. The van der Waals surface area contributed by atoms with Crippen molar-refractivity contribution in [3.05, 3.63) is 57.3 Å². The highest BCUT2D eigenvalue weighted by Crippen LogP contribution is 2.24. The summed E-state index contributed by atoms with van der Waals surface area (Å²) in [4.78, 5) is 17.7. The predicted octanol–water partition coefficient (Wildman–Crippen LogP) is 4.16. The molecule has 2 heterocycles. The second kappa shape index (κ2) is 8.37. The SMILES string of the molecule is CC1CCCN(S(=O)(=O)c2ccc(C(=O)N=c3sc4cc(Br)ccc4n3C)cc2)C1. The van der Waals surface area contributed by atoms with E-state index in [1.54, 1.807) is 0 Å². The molecule has 1 fully saturated rings. The van der Waals surface area contributed by atoms with E-state index in [0.717, 1.165) is 27.5 Å². The Balaban J connectivity index is 1.61. The molecule has 6 nitrogen and oxygen atoms in total. The Kier molecular flexibility index (Phi) is 5.98. The Bertz CT molecular complexity index is 1280. The summed E-state index contributed by atoms with van der Waals surface area (Å²) in [6.45, 7) is 3.15. The summed E-state index contributed by atoms with van der Waals surface area (Å²) in [5.74, 6) is -0.0392. The number of fused-ring (bicyclic) bond motifs is 1. The van der Waals surface area contributed by atoms with Crippen LogP contribution >= 0.6 is 27.3 Å². The molecule has 9 heteroatoms. The molecule has 4 rings (SSSR count). The molecule has 0 saturated carbocycles. The standard InChI is InChI=1S/C21H22BrN3O3S2/c1-14-4-3-11-25(13-14)30(27,28)17-8-5-15(6-9-17)20(26)23-21-24(2)18-10-7-16(22)12-19(18)29-21/h5-10,12,14H,3-4,11,13H2,1-2H3. The lowest BCUT2D eigenvalue weighted by Gasteiger charge is -2.30. The number of rotatable bonds is 3. The van der Waals surface area contributed by atoms with Gasteiger partial charge in [-0.15, -0.1) is 0 Å². The summed E-state index contributed by atoms with van der Waals surface area (Å²) in [6, 6.07) is 12.0. The average Bonchev–Trinajstić information content (AvgIpc) is 3.02. The van der Waals surface area contributed by atoms with E-state index in [4.69, 9.17) is 0 Å². The Morgan fingerprint density at radius 1 is 1.20 bits per heavy atom. The van der Waals surface area contributed by atoms with Crippen LogP contribution in [0.15, 0.2) is 56.8 Å². The summed E-state index contributed by atoms with van der Waals surface area (Å²) < 4.78 is 31.2. The van der Waals surface area contributed by atoms with E-state index in [0.29, 0.717) is 29.4 Å². The molecule has 2 aromatic carbocycles. The molecule has 1 amide bonds. The number of piperidine rings is 1. The number of carbonyl (C=O) groups is 1. The summed E-state index contributed by atoms with van der Waals surface area (Å²) >= 11 is 4.89. The van der Waals surface area contributed by atoms with Crippen molar-refractivity contribution in [2.75, 3.05) is 13.1 Å². The Labute approximate surface area is 188 Å². The maximum Gasteiger partial charge on any atom is 0.279 e. The van der Waals surface area contributed by atoms with Crippen molar-refractivity contribution in [3.63, 3.8) is 0 Å². The number of aromatic nitrogens is 1. The molecule has 0 N–H and O–H groups in total. The summed E-state index contributed by atoms with van der Waals surface area (Å²) in [6.07, 6.45) is 1.92. The summed E-state index contributed by atoms with van der Waals surface area (Å²) in [5, 5.41) is 0. The van der Waals surface area contributed by atoms with E-state index in [1.807, 2.05) is 29.8 Å². The number of hydrogen-bond acceptors (Lipinski definition) is 4. The van der Waals surface area contributed by atoms with Crippen molar-refractivity contribution in [1.82, 2.24) is 8.87 Å². The zero-order valence-electron chi connectivity index (χ0n) is 16.7. The quantitative estimate of drug-likeness (QED) is 0.534. The van der Waals surface area contributed by atoms with Crippen molar-refractivity contribution < 1.29 is 13.2 Å². The number of thiazole rings is 1. The largest absolute Gasteiger partial charge is 0.319 e. The first-order valence-electron chi connectivity index (χ1n) is 9.70. The van der Waals surface area contributed by atoms with Gasteiger partial charge in [-0.3, -0.25) is 4.79 Å². The second-order valence-corrected chi connectivity index (χ2v) is 11.5. The van der Waals surface area contributed by atoms with E-state index in [-0.39, 0.29) is 4.90 Å². The Hall–Kier alpha value is -1.81. The summed E-state index contributed by atoms with van der Waals surface area (Å²) in [5.41, 5.74) is 1.35. The third kappa shape index (κ3) is 4.16. The fourth-order valence-electron chi connectivity index (χ4n) is 3.65. The molecule has 158 valence electrons. The zero-order chi connectivity index (χ0) is 21.5. The number of aryl methyl sites for hydroxylation is 1. The number of carbonyl (C=O) groups excluding carboxylic acids is 1. The van der Waals surface area contributed by atoms with Gasteiger partial charge >= 0.3 is 0 Å². The van der Waals surface area contributed by atoms with Gasteiger partial charge in [-0.25, -0.2) is 8.42 Å². The highest BCUT2D eigenvalue weighted by molar-refractivity contribution is 9.10. The second-order valence-electron chi connectivity index (χ2n) is 7.61. The average molecular weight is 508 g/mol. The van der Waals surface area contributed by atoms with Crippen LogP contribution in [0.1, 0.15) is 30.1 Å². The molecule has 30 heavy (non-hydrogen) atoms. The Morgan fingerprint density at radius 3 is 2.63 bits per heavy atom. The molecule has 0 aliphatic carbocycles. The highest BCUT2D eigenvalue weighted by Gasteiger charge is 2.28. The van der Waals surface area contributed by atoms with Gasteiger partial charge in [0.05, 0.1) is 15.1 Å². The van der Waals surface area contributed by atoms with E-state index >= 15 is 0 Å². The van der Waals surface area contributed by atoms with Gasteiger partial charge in [-0.05, 0) is 61.2 Å². The number of benzene rings is 2. The third-order valence-corrected chi connectivity index (χ3v) is 8.79. The van der Waals surface area contributed by atoms with Gasteiger partial charge in [0, 0.05) is 30.2 Å². The fraction of sp³-hybridized carbons (Fsp3) is 0.333. The normalized spacial score (nSPS) is 18.8. The van der Waals surface area contributed by atoms with Crippen LogP contribution in [0.25, 0.3) is 10.2 Å². The van der Waals surface area contributed by atoms with Gasteiger partial charge in [-0.2, -0.15) is 9.30 Å². The molecule has 1 aromatic heterocycles. The lowest BCUT2D eigenvalue weighted by atomic mass is 10.0. The molecule has 0 bridgehead atoms. The van der Waals surface area contributed by atoms with Gasteiger partial charge < -0.3 is 4.57 Å². The first-order chi connectivity index (χ1) is 14.3. The van der Waals surface area contributed by atoms with Gasteiger partial charge in [0.15, 0.2) is 4.80 Å². The van der Waals surface area contributed by atoms with Crippen molar-refractivity contribution in [1.29, 1.82) is 0 Å². The van der Waals surface area contributed by atoms with Gasteiger partial charge in [0.25, 0.3) is 5.91 Å². The minimum Gasteiger partial charge on any atom is -0.319 e. The molecular formula is C21H22BrN3O3S2. The fourth-order valence-corrected chi connectivity index (χ4v) is 6.82. The monoisotopic (exact) mass is 507 g/mol. The Morgan fingerprint density at radius 2 is 1.93 bits per heavy atom. The van der Waals surface area contributed by atoms with Crippen LogP contribution in [0.2, 0.25) is 0 Å². The number of sulfonamides is 1. The molecule has 1 saturated heterocycles. The van der Waals surface area contributed by atoms with Crippen LogP contribution in [-0.2, 0) is 17.1 Å². The van der Waals surface area contributed by atoms with Gasteiger partial charge in [0.1, 0.15) is 0 Å². The molecule has 1 unspecified atom stereocenters. The van der Waals surface area contributed by atoms with Crippen LogP contribution < -0.4 is 4.80 Å². The van der Waals surface area contributed by atoms with Crippen molar-refractivity contribution in [2.45, 2.75) is 24.7 Å². The van der Waals surface area contributed by atoms with E-state index in [1.165, 1.54) is 39.9 Å². The number of nitrogens with zero attached hydrogens (tertiary/aromatic N) is 3. The van der Waals surface area contributed by atoms with Crippen LogP contribution in [0.5, 0.6) is 0 Å². The topological polar surface area (TPSA) is 71.7 Å². The minimum absolute atomic E-state index is 0.213. The van der Waals surface area contributed by atoms with Gasteiger partial charge in [0.2, 0.25) is 10.0 Å². The molecule has 1 aliphatic heterocycles. The zero-order valence-corrected chi connectivity index (χ0v) is 19.9. The maximum atomic E-state index is 12.9. The molecule has 0 radical (unpaired) electrons. The number of amides is 1. The van der Waals surface area contributed by atoms with Crippen molar-refractivity contribution in [3.8, 4) is 0 Å². The van der Waals surface area contributed by atoms with Gasteiger partial charge in [-0.1, -0.05) is 34.2 Å². The smallest absolute Gasteiger partial charge is 0.279 e. The van der Waals surface area contributed by atoms with Crippen LogP contribution in [-0.4, -0.2) is 36.3 Å². The van der Waals surface area contributed by atoms with Crippen LogP contribution in [0.3, 0.4) is 0 Å². The molecule has 1 atom stereocenters. The number of hydrogen-bond donors (Lipinski definition) is 0. The van der Waals surface area contributed by atoms with Crippen LogP contribution in [0.4, 0.5) is 0 Å². The maximum absolute atomic E-state index is 12.9. The molecular weight excluding hydrogens is 486 g/mol. The summed E-state index contributed by atoms with van der Waals surface area (Å²) in [7, 11) is -1.67. The predicted molar refractivity (Wildman–Crippen MR) is 122 cm³/mol. The first-order valence-corrected chi connectivity index (χ1v) is 12.7. The lowest BCUT2D eigenvalue weighted by molar-refractivity contribution is 0.0998. The van der Waals surface area contributed by atoms with E-state index < -0.39 is 15.9 Å². The van der Waals surface area contributed by atoms with Crippen molar-refractivity contribution >= 4 is 53.4 Å². The first kappa shape index (κ1) is 21.4. The lowest BCUT2D eigenvalue weighted by Crippen LogP contribution is -2.39.